The van der Waals surface area contributed by atoms with Crippen molar-refractivity contribution in [3.8, 4) is 0 Å². The van der Waals surface area contributed by atoms with Crippen molar-refractivity contribution < 1.29 is 10.0 Å². The molecule has 0 unspecified atom stereocenters. The lowest BCUT2D eigenvalue weighted by molar-refractivity contribution is -0.00168. The fourth-order valence-electron chi connectivity index (χ4n) is 1.20. The van der Waals surface area contributed by atoms with Gasteiger partial charge in [0.15, 0.2) is 5.78 Å². The number of ketones is 1. The van der Waals surface area contributed by atoms with Crippen molar-refractivity contribution >= 4 is 5.78 Å². The predicted octanol–water partition coefficient (Wildman–Crippen LogP) is 0.870. The Hall–Kier alpha value is -1.30. The lowest BCUT2D eigenvalue weighted by atomic mass is 10.1. The molecule has 0 aliphatic carbocycles. The molecule has 0 atom stereocenters. The maximum Gasteiger partial charge on any atom is 0.164 e. The van der Waals surface area contributed by atoms with Crippen LogP contribution in [0.5, 0.6) is 0 Å². The van der Waals surface area contributed by atoms with Gasteiger partial charge in [-0.3, -0.25) is 9.78 Å². The van der Waals surface area contributed by atoms with Gasteiger partial charge < -0.3 is 5.21 Å². The van der Waals surface area contributed by atoms with Crippen molar-refractivity contribution in [2.75, 3.05) is 13.6 Å². The second-order valence-electron chi connectivity index (χ2n) is 3.29. The van der Waals surface area contributed by atoms with Gasteiger partial charge in [-0.2, -0.15) is 0 Å². The molecule has 5 heteroatoms. The summed E-state index contributed by atoms with van der Waals surface area (Å²) in [7, 11) is 1.70. The summed E-state index contributed by atoms with van der Waals surface area (Å²) in [5, 5.41) is 10.0. The monoisotopic (exact) mass is 209 g/mol. The first-order valence-corrected chi connectivity index (χ1v) is 4.78. The summed E-state index contributed by atoms with van der Waals surface area (Å²) in [4.78, 5) is 15.5. The molecular weight excluding hydrogens is 194 g/mol. The largest absolute Gasteiger partial charge is 0.302 e. The maximum absolute atomic E-state index is 11.6. The number of nitrogens with zero attached hydrogens (tertiary/aromatic N) is 2. The van der Waals surface area contributed by atoms with Gasteiger partial charge in [-0.1, -0.05) is 0 Å². The summed E-state index contributed by atoms with van der Waals surface area (Å²) in [6, 6.07) is 3.50. The van der Waals surface area contributed by atoms with Crippen LogP contribution >= 0.6 is 0 Å². The molecule has 0 bridgehead atoms. The first-order chi connectivity index (χ1) is 7.24. The fraction of sp³-hybridized carbons (Fsp3) is 0.400. The van der Waals surface area contributed by atoms with E-state index < -0.39 is 0 Å². The summed E-state index contributed by atoms with van der Waals surface area (Å²) in [5.41, 5.74) is 2.62. The van der Waals surface area contributed by atoms with Crippen molar-refractivity contribution in [2.45, 2.75) is 12.8 Å². The van der Waals surface area contributed by atoms with Crippen LogP contribution < -0.4 is 5.59 Å². The van der Waals surface area contributed by atoms with Crippen LogP contribution in [0.2, 0.25) is 0 Å². The molecule has 1 rings (SSSR count). The van der Waals surface area contributed by atoms with Crippen molar-refractivity contribution in [3.63, 3.8) is 0 Å². The van der Waals surface area contributed by atoms with Gasteiger partial charge in [-0.15, -0.1) is 5.59 Å². The average molecular weight is 209 g/mol. The van der Waals surface area contributed by atoms with Gasteiger partial charge in [-0.05, 0) is 18.6 Å². The van der Waals surface area contributed by atoms with Crippen LogP contribution in [-0.2, 0) is 0 Å². The third kappa shape index (κ3) is 4.16. The number of pyridine rings is 1. The van der Waals surface area contributed by atoms with Gasteiger partial charge in [0.05, 0.1) is 0 Å². The first kappa shape index (κ1) is 11.8. The number of hydrogen-bond acceptors (Lipinski definition) is 5. The molecule has 0 aliphatic heterocycles. The molecule has 2 N–H and O–H groups in total. The Morgan fingerprint density at radius 3 is 3.07 bits per heavy atom. The first-order valence-electron chi connectivity index (χ1n) is 4.78. The summed E-state index contributed by atoms with van der Waals surface area (Å²) >= 11 is 0. The average Bonchev–Trinajstić information content (AvgIpc) is 2.29. The molecule has 82 valence electrons. The van der Waals surface area contributed by atoms with Gasteiger partial charge in [0.1, 0.15) is 0 Å². The van der Waals surface area contributed by atoms with E-state index in [0.29, 0.717) is 24.9 Å². The molecule has 0 amide bonds. The zero-order valence-corrected chi connectivity index (χ0v) is 8.68. The molecule has 0 saturated heterocycles. The molecule has 0 fully saturated rings. The van der Waals surface area contributed by atoms with E-state index in [1.807, 2.05) is 5.59 Å². The Morgan fingerprint density at radius 1 is 1.67 bits per heavy atom. The second-order valence-corrected chi connectivity index (χ2v) is 3.29. The SMILES string of the molecule is CN(CCCC(=O)c1cccnc1)NO. The van der Waals surface area contributed by atoms with Crippen LogP contribution in [-0.4, -0.2) is 34.6 Å². The summed E-state index contributed by atoms with van der Waals surface area (Å²) in [6.45, 7) is 0.614. The topological polar surface area (TPSA) is 65.5 Å². The lowest BCUT2D eigenvalue weighted by Crippen LogP contribution is -2.32. The fourth-order valence-corrected chi connectivity index (χ4v) is 1.20. The van der Waals surface area contributed by atoms with Gasteiger partial charge in [0.25, 0.3) is 0 Å². The number of nitrogens with one attached hydrogen (secondary N) is 1. The molecule has 0 radical (unpaired) electrons. The van der Waals surface area contributed by atoms with Crippen molar-refractivity contribution in [1.29, 1.82) is 0 Å². The molecule has 1 heterocycles. The van der Waals surface area contributed by atoms with Crippen LogP contribution in [0.25, 0.3) is 0 Å². The van der Waals surface area contributed by atoms with E-state index in [0.717, 1.165) is 0 Å². The van der Waals surface area contributed by atoms with Crippen molar-refractivity contribution in [2.24, 2.45) is 0 Å². The highest BCUT2D eigenvalue weighted by Gasteiger charge is 2.05. The number of carbonyl (C=O) groups is 1. The van der Waals surface area contributed by atoms with Crippen LogP contribution in [0, 0.1) is 0 Å². The third-order valence-corrected chi connectivity index (χ3v) is 2.05. The number of Topliss-reactive ketones (excluding diaryl/α,β-unsaturated/α-hetero) is 1. The highest BCUT2D eigenvalue weighted by molar-refractivity contribution is 5.95. The predicted molar refractivity (Wildman–Crippen MR) is 55.4 cm³/mol. The standard InChI is InChI=1S/C10H15N3O2/c1-13(12-15)7-3-5-10(14)9-4-2-6-11-8-9/h2,4,6,8,12,15H,3,5,7H2,1H3. The number of hydrazine groups is 1. The summed E-state index contributed by atoms with van der Waals surface area (Å²) in [5.74, 6) is 0.0782. The van der Waals surface area contributed by atoms with Gasteiger partial charge >= 0.3 is 0 Å². The molecular formula is C10H15N3O2. The molecule has 0 spiro atoms. The van der Waals surface area contributed by atoms with Gasteiger partial charge in [0.2, 0.25) is 0 Å². The highest BCUT2D eigenvalue weighted by Crippen LogP contribution is 2.03. The molecule has 0 aliphatic rings. The third-order valence-electron chi connectivity index (χ3n) is 2.05. The normalized spacial score (nSPS) is 10.6. The van der Waals surface area contributed by atoms with E-state index in [1.54, 1.807) is 31.6 Å². The van der Waals surface area contributed by atoms with Crippen LogP contribution in [0.4, 0.5) is 0 Å². The Kier molecular flexibility index (Phi) is 4.89. The number of carbonyl (C=O) groups excluding carboxylic acids is 1. The molecule has 0 aromatic carbocycles. The van der Waals surface area contributed by atoms with E-state index in [-0.39, 0.29) is 5.78 Å². The quantitative estimate of drug-likeness (QED) is 0.537. The Morgan fingerprint density at radius 2 is 2.47 bits per heavy atom. The van der Waals surface area contributed by atoms with Crippen molar-refractivity contribution in [3.05, 3.63) is 30.1 Å². The van der Waals surface area contributed by atoms with E-state index in [2.05, 4.69) is 4.98 Å². The summed E-state index contributed by atoms with van der Waals surface area (Å²) < 4.78 is 0. The van der Waals surface area contributed by atoms with Crippen LogP contribution in [0.3, 0.4) is 0 Å². The Labute approximate surface area is 88.7 Å². The summed E-state index contributed by atoms with van der Waals surface area (Å²) in [6.07, 6.45) is 4.35. The molecule has 1 aromatic heterocycles. The van der Waals surface area contributed by atoms with Crippen molar-refractivity contribution in [1.82, 2.24) is 15.6 Å². The minimum Gasteiger partial charge on any atom is -0.302 e. The number of hydrogen-bond donors (Lipinski definition) is 2. The van der Waals surface area contributed by atoms with E-state index in [1.165, 1.54) is 5.01 Å². The highest BCUT2D eigenvalue weighted by atomic mass is 16.5. The molecule has 5 nitrogen and oxygen atoms in total. The lowest BCUT2D eigenvalue weighted by Gasteiger charge is -2.12. The zero-order valence-electron chi connectivity index (χ0n) is 8.68. The minimum absolute atomic E-state index is 0.0782. The minimum atomic E-state index is 0.0782. The van der Waals surface area contributed by atoms with E-state index >= 15 is 0 Å². The second kappa shape index (κ2) is 6.23. The van der Waals surface area contributed by atoms with E-state index in [4.69, 9.17) is 5.21 Å². The number of aromatic nitrogens is 1. The molecule has 1 aromatic rings. The molecule has 0 saturated carbocycles. The van der Waals surface area contributed by atoms with Gasteiger partial charge in [0, 0.05) is 38.0 Å². The van der Waals surface area contributed by atoms with Crippen LogP contribution in [0.1, 0.15) is 23.2 Å². The zero-order chi connectivity index (χ0) is 11.1. The molecule has 15 heavy (non-hydrogen) atoms. The Bertz CT molecular complexity index is 303. The van der Waals surface area contributed by atoms with Crippen LogP contribution in [0.15, 0.2) is 24.5 Å². The van der Waals surface area contributed by atoms with Gasteiger partial charge in [-0.25, -0.2) is 5.01 Å². The Balaban J connectivity index is 2.31. The smallest absolute Gasteiger partial charge is 0.164 e. The van der Waals surface area contributed by atoms with E-state index in [9.17, 15) is 4.79 Å². The number of rotatable bonds is 6. The maximum atomic E-state index is 11.6.